The minimum atomic E-state index is -1.33. The van der Waals surface area contributed by atoms with Crippen LogP contribution in [0.4, 0.5) is 0 Å². The number of aromatic carboxylic acids is 1. The zero-order chi connectivity index (χ0) is 21.3. The molecular formula is C23H18N2O5. The predicted octanol–water partition coefficient (Wildman–Crippen LogP) is 4.41. The van der Waals surface area contributed by atoms with Crippen LogP contribution in [0.1, 0.15) is 33.5 Å². The number of rotatable bonds is 5. The smallest absolute Gasteiger partial charge is 0.362 e. The fourth-order valence-corrected chi connectivity index (χ4v) is 3.29. The minimum absolute atomic E-state index is 0.0677. The molecule has 0 saturated carbocycles. The van der Waals surface area contributed by atoms with Crippen LogP contribution < -0.4 is 9.47 Å². The largest absolute Gasteiger partial charge is 0.489 e. The maximum Gasteiger partial charge on any atom is 0.362 e. The molecule has 7 heteroatoms. The molecule has 0 aliphatic carbocycles. The fraction of sp³-hybridized carbons (Fsp3) is 0.130. The Kier molecular flexibility index (Phi) is 5.02. The Balaban J connectivity index is 1.85. The van der Waals surface area contributed by atoms with Crippen LogP contribution in [0, 0.1) is 6.92 Å². The van der Waals surface area contributed by atoms with Gasteiger partial charge in [-0.15, -0.1) is 0 Å². The topological polar surface area (TPSA) is 98.6 Å². The van der Waals surface area contributed by atoms with Crippen molar-refractivity contribution in [3.63, 3.8) is 0 Å². The quantitative estimate of drug-likeness (QED) is 0.494. The molecule has 2 aromatic heterocycles. The Labute approximate surface area is 171 Å². The van der Waals surface area contributed by atoms with Crippen molar-refractivity contribution in [2.75, 3.05) is 6.61 Å². The van der Waals surface area contributed by atoms with Gasteiger partial charge in [-0.2, -0.15) is 0 Å². The molecule has 0 bridgehead atoms. The number of carboxylic acid groups (broad SMARTS) is 1. The Bertz CT molecular complexity index is 1300. The van der Waals surface area contributed by atoms with E-state index in [-0.39, 0.29) is 23.8 Å². The van der Waals surface area contributed by atoms with Crippen LogP contribution in [0.15, 0.2) is 54.6 Å². The van der Waals surface area contributed by atoms with Crippen molar-refractivity contribution >= 4 is 33.7 Å². The third kappa shape index (κ3) is 3.41. The lowest BCUT2D eigenvalue weighted by atomic mass is 10.1. The maximum absolute atomic E-state index is 12.9. The number of esters is 1. The Morgan fingerprint density at radius 2 is 1.57 bits per heavy atom. The Hall–Kier alpha value is -4.00. The van der Waals surface area contributed by atoms with Crippen LogP contribution in [0.5, 0.6) is 11.5 Å². The molecule has 0 atom stereocenters. The number of hydrogen-bond donors (Lipinski definition) is 1. The van der Waals surface area contributed by atoms with Crippen LogP contribution in [0.25, 0.3) is 21.8 Å². The van der Waals surface area contributed by atoms with Gasteiger partial charge in [-0.25, -0.2) is 19.6 Å². The predicted molar refractivity (Wildman–Crippen MR) is 111 cm³/mol. The number of aryl methyl sites for hydroxylation is 1. The summed E-state index contributed by atoms with van der Waals surface area (Å²) in [7, 11) is 0. The van der Waals surface area contributed by atoms with Crippen molar-refractivity contribution in [2.45, 2.75) is 13.8 Å². The van der Waals surface area contributed by atoms with Crippen LogP contribution in [0.3, 0.4) is 0 Å². The molecule has 7 nitrogen and oxygen atoms in total. The maximum atomic E-state index is 12.9. The summed E-state index contributed by atoms with van der Waals surface area (Å²) in [6.07, 6.45) is 0. The summed E-state index contributed by atoms with van der Waals surface area (Å²) in [4.78, 5) is 33.3. The van der Waals surface area contributed by atoms with Crippen molar-refractivity contribution < 1.29 is 24.2 Å². The fourth-order valence-electron chi connectivity index (χ4n) is 3.29. The molecule has 4 rings (SSSR count). The molecule has 0 saturated heterocycles. The lowest BCUT2D eigenvalue weighted by Gasteiger charge is -2.15. The van der Waals surface area contributed by atoms with Crippen molar-refractivity contribution in [1.82, 2.24) is 9.97 Å². The van der Waals surface area contributed by atoms with E-state index in [0.717, 1.165) is 10.9 Å². The molecule has 0 aliphatic heterocycles. The van der Waals surface area contributed by atoms with E-state index in [1.165, 1.54) is 0 Å². The second-order valence-electron chi connectivity index (χ2n) is 6.61. The van der Waals surface area contributed by atoms with Crippen LogP contribution in [0.2, 0.25) is 0 Å². The van der Waals surface area contributed by atoms with Crippen molar-refractivity contribution in [3.8, 4) is 11.5 Å². The van der Waals surface area contributed by atoms with Gasteiger partial charge in [0.2, 0.25) is 5.75 Å². The zero-order valence-corrected chi connectivity index (χ0v) is 16.4. The van der Waals surface area contributed by atoms with E-state index in [4.69, 9.17) is 9.47 Å². The lowest BCUT2D eigenvalue weighted by Crippen LogP contribution is -2.16. The molecule has 30 heavy (non-hydrogen) atoms. The molecule has 0 spiro atoms. The van der Waals surface area contributed by atoms with E-state index in [2.05, 4.69) is 9.97 Å². The summed E-state index contributed by atoms with van der Waals surface area (Å²) in [6.45, 7) is 3.88. The highest BCUT2D eigenvalue weighted by Gasteiger charge is 2.26. The highest BCUT2D eigenvalue weighted by atomic mass is 16.6. The molecular weight excluding hydrogens is 384 g/mol. The first-order valence-corrected chi connectivity index (χ1v) is 9.37. The number of para-hydroxylation sites is 2. The van der Waals surface area contributed by atoms with Crippen molar-refractivity contribution in [2.24, 2.45) is 0 Å². The molecule has 2 heterocycles. The molecule has 0 radical (unpaired) electrons. The summed E-state index contributed by atoms with van der Waals surface area (Å²) >= 11 is 0. The van der Waals surface area contributed by atoms with Crippen LogP contribution in [-0.4, -0.2) is 33.6 Å². The lowest BCUT2D eigenvalue weighted by molar-refractivity contribution is 0.0670. The van der Waals surface area contributed by atoms with Gasteiger partial charge >= 0.3 is 11.9 Å². The first-order valence-electron chi connectivity index (χ1n) is 9.37. The number of fused-ring (bicyclic) bond motifs is 2. The molecule has 1 N–H and O–H groups in total. The van der Waals surface area contributed by atoms with E-state index in [9.17, 15) is 14.7 Å². The minimum Gasteiger partial charge on any atom is -0.489 e. The van der Waals surface area contributed by atoms with Gasteiger partial charge in [0.15, 0.2) is 11.4 Å². The second-order valence-corrected chi connectivity index (χ2v) is 6.61. The monoisotopic (exact) mass is 402 g/mol. The van der Waals surface area contributed by atoms with Gasteiger partial charge in [0.05, 0.1) is 17.6 Å². The Morgan fingerprint density at radius 1 is 0.933 bits per heavy atom. The third-order valence-electron chi connectivity index (χ3n) is 4.62. The standard InChI is InChI=1S/C23H18N2O5/c1-3-29-20-15-9-5-7-11-17(15)25-19(22(26)27)21(20)30-23(28)18-12-13(2)14-8-4-6-10-16(14)24-18/h4-12H,3H2,1-2H3,(H,26,27). The van der Waals surface area contributed by atoms with Crippen LogP contribution in [-0.2, 0) is 0 Å². The number of carbonyl (C=O) groups is 2. The highest BCUT2D eigenvalue weighted by Crippen LogP contribution is 2.38. The first-order chi connectivity index (χ1) is 14.5. The molecule has 0 fully saturated rings. The van der Waals surface area contributed by atoms with Gasteiger partial charge in [0.25, 0.3) is 0 Å². The molecule has 0 aliphatic rings. The number of benzene rings is 2. The summed E-state index contributed by atoms with van der Waals surface area (Å²) in [5.74, 6) is -2.19. The third-order valence-corrected chi connectivity index (χ3v) is 4.62. The molecule has 4 aromatic rings. The van der Waals surface area contributed by atoms with Gasteiger partial charge in [-0.3, -0.25) is 0 Å². The van der Waals surface area contributed by atoms with E-state index < -0.39 is 17.6 Å². The second kappa shape index (κ2) is 7.79. The number of aromatic nitrogens is 2. The number of pyridine rings is 2. The van der Waals surface area contributed by atoms with Gasteiger partial charge in [0, 0.05) is 10.8 Å². The summed E-state index contributed by atoms with van der Waals surface area (Å²) < 4.78 is 11.2. The molecule has 2 aromatic carbocycles. The zero-order valence-electron chi connectivity index (χ0n) is 16.4. The van der Waals surface area contributed by atoms with E-state index in [1.807, 2.05) is 25.1 Å². The van der Waals surface area contributed by atoms with E-state index >= 15 is 0 Å². The van der Waals surface area contributed by atoms with E-state index in [0.29, 0.717) is 16.4 Å². The highest BCUT2D eigenvalue weighted by molar-refractivity contribution is 6.00. The van der Waals surface area contributed by atoms with Gasteiger partial charge in [0.1, 0.15) is 5.69 Å². The number of carboxylic acids is 1. The SMILES string of the molecule is CCOc1c(OC(=O)c2cc(C)c3ccccc3n2)c(C(=O)O)nc2ccccc12. The normalized spacial score (nSPS) is 10.9. The number of carbonyl (C=O) groups excluding carboxylic acids is 1. The summed E-state index contributed by atoms with van der Waals surface area (Å²) in [5.41, 5.74) is 1.59. The van der Waals surface area contributed by atoms with Gasteiger partial charge < -0.3 is 14.6 Å². The molecule has 150 valence electrons. The molecule has 0 unspecified atom stereocenters. The summed E-state index contributed by atoms with van der Waals surface area (Å²) in [5, 5.41) is 11.1. The number of nitrogens with zero attached hydrogens (tertiary/aromatic N) is 2. The number of hydrogen-bond acceptors (Lipinski definition) is 6. The number of ether oxygens (including phenoxy) is 2. The van der Waals surface area contributed by atoms with Crippen molar-refractivity contribution in [1.29, 1.82) is 0 Å². The van der Waals surface area contributed by atoms with E-state index in [1.54, 1.807) is 43.3 Å². The average molecular weight is 402 g/mol. The summed E-state index contributed by atoms with van der Waals surface area (Å²) in [6, 6.07) is 16.0. The van der Waals surface area contributed by atoms with Crippen molar-refractivity contribution in [3.05, 3.63) is 71.5 Å². The van der Waals surface area contributed by atoms with Gasteiger partial charge in [-0.1, -0.05) is 30.3 Å². The average Bonchev–Trinajstić information content (AvgIpc) is 2.75. The first kappa shape index (κ1) is 19.3. The Morgan fingerprint density at radius 3 is 2.23 bits per heavy atom. The van der Waals surface area contributed by atoms with Crippen LogP contribution >= 0.6 is 0 Å². The van der Waals surface area contributed by atoms with Gasteiger partial charge in [-0.05, 0) is 43.7 Å². The molecule has 0 amide bonds.